The van der Waals surface area contributed by atoms with Crippen molar-refractivity contribution in [1.29, 1.82) is 0 Å². The fraction of sp³-hybridized carbons (Fsp3) is 0.385. The maximum atomic E-state index is 11.6. The Morgan fingerprint density at radius 2 is 2.00 bits per heavy atom. The van der Waals surface area contributed by atoms with Gasteiger partial charge in [0.1, 0.15) is 6.04 Å². The second kappa shape index (κ2) is 8.89. The molecule has 110 valence electrons. The Balaban J connectivity index is 2.17. The van der Waals surface area contributed by atoms with Crippen LogP contribution >= 0.6 is 0 Å². The molecule has 0 aliphatic rings. The molecule has 0 saturated heterocycles. The van der Waals surface area contributed by atoms with Crippen LogP contribution in [0.15, 0.2) is 35.3 Å². The lowest BCUT2D eigenvalue weighted by Crippen LogP contribution is -2.36. The van der Waals surface area contributed by atoms with Crippen LogP contribution in [0.2, 0.25) is 0 Å². The summed E-state index contributed by atoms with van der Waals surface area (Å²) in [6.45, 7) is 0.883. The van der Waals surface area contributed by atoms with E-state index in [1.165, 1.54) is 0 Å². The number of hydrogen-bond acceptors (Lipinski definition) is 5. The van der Waals surface area contributed by atoms with E-state index in [0.29, 0.717) is 25.9 Å². The average molecular weight is 279 g/mol. The first kappa shape index (κ1) is 15.9. The number of hydroxylamine groups is 1. The fourth-order valence-corrected chi connectivity index (χ4v) is 1.50. The Hall–Kier alpha value is -2.12. The number of benzene rings is 1. The van der Waals surface area contributed by atoms with Gasteiger partial charge in [0.15, 0.2) is 5.96 Å². The highest BCUT2D eigenvalue weighted by Crippen LogP contribution is 1.99. The molecule has 7 heteroatoms. The lowest BCUT2D eigenvalue weighted by atomic mass is 10.2. The van der Waals surface area contributed by atoms with Gasteiger partial charge < -0.3 is 22.0 Å². The number of nitrogens with two attached hydrogens (primary N) is 3. The zero-order chi connectivity index (χ0) is 14.8. The molecule has 0 saturated carbocycles. The Morgan fingerprint density at radius 1 is 1.30 bits per heavy atom. The molecule has 7 N–H and O–H groups in total. The second-order valence-corrected chi connectivity index (χ2v) is 4.28. The first-order valence-electron chi connectivity index (χ1n) is 6.38. The lowest BCUT2D eigenvalue weighted by molar-refractivity contribution is -0.153. The van der Waals surface area contributed by atoms with Crippen molar-refractivity contribution < 1.29 is 9.63 Å². The number of hydrogen-bond donors (Lipinski definition) is 4. The van der Waals surface area contributed by atoms with Gasteiger partial charge in [-0.25, -0.2) is 4.79 Å². The van der Waals surface area contributed by atoms with E-state index in [4.69, 9.17) is 22.0 Å². The molecule has 20 heavy (non-hydrogen) atoms. The van der Waals surface area contributed by atoms with Crippen LogP contribution in [-0.4, -0.2) is 24.5 Å². The van der Waals surface area contributed by atoms with Crippen LogP contribution in [0.1, 0.15) is 18.4 Å². The minimum Gasteiger partial charge on any atom is -0.370 e. The summed E-state index contributed by atoms with van der Waals surface area (Å²) in [5.74, 6) is -0.462. The molecular weight excluding hydrogens is 258 g/mol. The number of rotatable bonds is 8. The number of aliphatic imine (C=N–C) groups is 1. The van der Waals surface area contributed by atoms with E-state index in [0.717, 1.165) is 5.56 Å². The van der Waals surface area contributed by atoms with Crippen LogP contribution < -0.4 is 22.7 Å². The highest BCUT2D eigenvalue weighted by molar-refractivity contribution is 5.76. The number of carbonyl (C=O) groups is 1. The molecule has 0 aromatic heterocycles. The molecular formula is C13H21N5O2. The van der Waals surface area contributed by atoms with Gasteiger partial charge in [-0.3, -0.25) is 4.99 Å². The van der Waals surface area contributed by atoms with Crippen molar-refractivity contribution in [3.63, 3.8) is 0 Å². The normalized spacial score (nSPS) is 11.7. The van der Waals surface area contributed by atoms with Crippen molar-refractivity contribution in [2.24, 2.45) is 22.2 Å². The molecule has 1 aromatic rings. The largest absolute Gasteiger partial charge is 0.370 e. The minimum atomic E-state index is -0.688. The molecule has 0 aliphatic carbocycles. The van der Waals surface area contributed by atoms with Crippen LogP contribution in [0.4, 0.5) is 0 Å². The van der Waals surface area contributed by atoms with Gasteiger partial charge in [0.2, 0.25) is 0 Å². The molecule has 0 fully saturated rings. The molecule has 0 radical (unpaired) electrons. The molecule has 7 nitrogen and oxygen atoms in total. The standard InChI is InChI=1S/C13H21N5O2/c14-11(7-4-8-17-13(15)16)12(19)20-18-9-10-5-2-1-3-6-10/h1-3,5-6,11,18H,4,7-9,14H2,(H4,15,16,17). The maximum Gasteiger partial charge on any atom is 0.341 e. The average Bonchev–Trinajstić information content (AvgIpc) is 2.44. The van der Waals surface area contributed by atoms with Crippen LogP contribution in [0.3, 0.4) is 0 Å². The highest BCUT2D eigenvalue weighted by Gasteiger charge is 2.14. The summed E-state index contributed by atoms with van der Waals surface area (Å²) in [6, 6.07) is 8.91. The van der Waals surface area contributed by atoms with Crippen LogP contribution in [0.5, 0.6) is 0 Å². The van der Waals surface area contributed by atoms with Gasteiger partial charge in [-0.05, 0) is 18.4 Å². The molecule has 0 spiro atoms. The van der Waals surface area contributed by atoms with E-state index in [-0.39, 0.29) is 5.96 Å². The summed E-state index contributed by atoms with van der Waals surface area (Å²) in [6.07, 6.45) is 1.08. The number of guanidine groups is 1. The smallest absolute Gasteiger partial charge is 0.341 e. The van der Waals surface area contributed by atoms with Crippen LogP contribution in [0, 0.1) is 0 Å². The Morgan fingerprint density at radius 3 is 2.65 bits per heavy atom. The first-order valence-corrected chi connectivity index (χ1v) is 6.38. The van der Waals surface area contributed by atoms with Gasteiger partial charge in [0.25, 0.3) is 0 Å². The van der Waals surface area contributed by atoms with Gasteiger partial charge in [0.05, 0.1) is 6.54 Å². The zero-order valence-electron chi connectivity index (χ0n) is 11.3. The third-order valence-electron chi connectivity index (χ3n) is 2.56. The number of nitrogens with one attached hydrogen (secondary N) is 1. The summed E-state index contributed by atoms with van der Waals surface area (Å²) in [5, 5.41) is 0. The van der Waals surface area contributed by atoms with Crippen molar-refractivity contribution in [1.82, 2.24) is 5.48 Å². The van der Waals surface area contributed by atoms with Crippen LogP contribution in [-0.2, 0) is 16.2 Å². The Bertz CT molecular complexity index is 432. The Kier molecular flexibility index (Phi) is 7.08. The molecule has 0 aliphatic heterocycles. The van der Waals surface area contributed by atoms with Crippen molar-refractivity contribution in [2.75, 3.05) is 6.54 Å². The predicted molar refractivity (Wildman–Crippen MR) is 77.3 cm³/mol. The van der Waals surface area contributed by atoms with Crippen molar-refractivity contribution in [3.8, 4) is 0 Å². The third-order valence-corrected chi connectivity index (χ3v) is 2.56. The summed E-state index contributed by atoms with van der Waals surface area (Å²) in [5.41, 5.74) is 19.7. The third kappa shape index (κ3) is 6.72. The molecule has 1 rings (SSSR count). The van der Waals surface area contributed by atoms with Gasteiger partial charge in [0, 0.05) is 6.54 Å². The maximum absolute atomic E-state index is 11.6. The van der Waals surface area contributed by atoms with E-state index in [1.54, 1.807) is 0 Å². The monoisotopic (exact) mass is 279 g/mol. The number of nitrogens with zero attached hydrogens (tertiary/aromatic N) is 1. The molecule has 1 atom stereocenters. The highest BCUT2D eigenvalue weighted by atomic mass is 16.7. The SMILES string of the molecule is NC(N)=NCCCC(N)C(=O)ONCc1ccccc1. The summed E-state index contributed by atoms with van der Waals surface area (Å²) >= 11 is 0. The molecule has 1 unspecified atom stereocenters. The number of carbonyl (C=O) groups excluding carboxylic acids is 1. The van der Waals surface area contributed by atoms with Gasteiger partial charge in [-0.1, -0.05) is 30.3 Å². The van der Waals surface area contributed by atoms with E-state index >= 15 is 0 Å². The van der Waals surface area contributed by atoms with Crippen molar-refractivity contribution in [2.45, 2.75) is 25.4 Å². The van der Waals surface area contributed by atoms with Crippen molar-refractivity contribution in [3.05, 3.63) is 35.9 Å². The van der Waals surface area contributed by atoms with Crippen LogP contribution in [0.25, 0.3) is 0 Å². The lowest BCUT2D eigenvalue weighted by Gasteiger charge is -2.11. The van der Waals surface area contributed by atoms with E-state index in [2.05, 4.69) is 10.5 Å². The van der Waals surface area contributed by atoms with Gasteiger partial charge in [-0.15, -0.1) is 5.48 Å². The molecule has 0 amide bonds. The summed E-state index contributed by atoms with van der Waals surface area (Å²) in [7, 11) is 0. The molecule has 1 aromatic carbocycles. The first-order chi connectivity index (χ1) is 9.59. The van der Waals surface area contributed by atoms with Gasteiger partial charge in [-0.2, -0.15) is 0 Å². The minimum absolute atomic E-state index is 0.0330. The topological polar surface area (TPSA) is 129 Å². The molecule has 0 bridgehead atoms. The second-order valence-electron chi connectivity index (χ2n) is 4.28. The van der Waals surface area contributed by atoms with Gasteiger partial charge >= 0.3 is 5.97 Å². The van der Waals surface area contributed by atoms with E-state index in [9.17, 15) is 4.79 Å². The Labute approximate surface area is 118 Å². The zero-order valence-corrected chi connectivity index (χ0v) is 11.3. The summed E-state index contributed by atoms with van der Waals surface area (Å²) < 4.78 is 0. The fourth-order valence-electron chi connectivity index (χ4n) is 1.50. The summed E-state index contributed by atoms with van der Waals surface area (Å²) in [4.78, 5) is 20.3. The molecule has 0 heterocycles. The van der Waals surface area contributed by atoms with Crippen molar-refractivity contribution >= 4 is 11.9 Å². The van der Waals surface area contributed by atoms with E-state index in [1.807, 2.05) is 30.3 Å². The quantitative estimate of drug-likeness (QED) is 0.222. The predicted octanol–water partition coefficient (Wildman–Crippen LogP) is -0.385. The van der Waals surface area contributed by atoms with E-state index < -0.39 is 12.0 Å².